The summed E-state index contributed by atoms with van der Waals surface area (Å²) in [6, 6.07) is 1.40. The molecule has 0 heterocycles. The van der Waals surface area contributed by atoms with E-state index in [4.69, 9.17) is 4.74 Å². The molecule has 3 nitrogen and oxygen atoms in total. The van der Waals surface area contributed by atoms with Gasteiger partial charge in [-0.15, -0.1) is 13.2 Å². The molecule has 29 heavy (non-hydrogen) atoms. The number of ether oxygens (including phenoxy) is 2. The maximum absolute atomic E-state index is 12.5. The number of rotatable bonds is 7. The maximum atomic E-state index is 12.5. The van der Waals surface area contributed by atoms with Gasteiger partial charge < -0.3 is 9.47 Å². The second-order valence-corrected chi connectivity index (χ2v) is 6.65. The number of carbonyl (C=O) groups is 1. The molecular formula is C23H27F3O3. The Balaban J connectivity index is 2.97. The summed E-state index contributed by atoms with van der Waals surface area (Å²) in [6.07, 6.45) is 5.93. The number of benzene rings is 1. The number of carbonyl (C=O) groups excluding carboxylic acids is 1. The molecule has 6 heteroatoms. The molecule has 0 bridgehead atoms. The topological polar surface area (TPSA) is 35.5 Å². The SMILES string of the molecule is CCOC(=O)/C=C(C)/C=C/C=C(C)/C=C/c1c(C)cc(OC(F)(F)F)c(C)c1C. The van der Waals surface area contributed by atoms with Gasteiger partial charge >= 0.3 is 12.3 Å². The molecule has 0 aliphatic heterocycles. The van der Waals surface area contributed by atoms with Crippen LogP contribution in [0.3, 0.4) is 0 Å². The summed E-state index contributed by atoms with van der Waals surface area (Å²) in [5, 5.41) is 0. The average Bonchev–Trinajstić information content (AvgIpc) is 2.58. The fourth-order valence-electron chi connectivity index (χ4n) is 2.59. The molecule has 0 saturated carbocycles. The number of allylic oxidation sites excluding steroid dienone is 6. The van der Waals surface area contributed by atoms with E-state index in [1.54, 1.807) is 40.7 Å². The Morgan fingerprint density at radius 3 is 2.31 bits per heavy atom. The average molecular weight is 408 g/mol. The summed E-state index contributed by atoms with van der Waals surface area (Å²) in [5.74, 6) is -0.557. The Kier molecular flexibility index (Phi) is 8.95. The monoisotopic (exact) mass is 408 g/mol. The second-order valence-electron chi connectivity index (χ2n) is 6.65. The summed E-state index contributed by atoms with van der Waals surface area (Å²) >= 11 is 0. The third-order valence-corrected chi connectivity index (χ3v) is 4.20. The highest BCUT2D eigenvalue weighted by Gasteiger charge is 2.32. The molecule has 0 unspecified atom stereocenters. The zero-order valence-corrected chi connectivity index (χ0v) is 17.6. The molecule has 0 spiro atoms. The number of hydrogen-bond donors (Lipinski definition) is 0. The quantitative estimate of drug-likeness (QED) is 0.292. The molecule has 158 valence electrons. The molecule has 0 aromatic heterocycles. The van der Waals surface area contributed by atoms with Crippen molar-refractivity contribution in [1.29, 1.82) is 0 Å². The fraction of sp³-hybridized carbons (Fsp3) is 0.348. The van der Waals surface area contributed by atoms with Crippen LogP contribution in [-0.4, -0.2) is 18.9 Å². The summed E-state index contributed by atoms with van der Waals surface area (Å²) in [6.45, 7) is 10.9. The van der Waals surface area contributed by atoms with Gasteiger partial charge in [-0.25, -0.2) is 4.79 Å². The Hall–Kier alpha value is -2.76. The van der Waals surface area contributed by atoms with Gasteiger partial charge in [-0.05, 0) is 75.4 Å². The zero-order chi connectivity index (χ0) is 22.2. The van der Waals surface area contributed by atoms with E-state index in [1.807, 2.05) is 31.2 Å². The van der Waals surface area contributed by atoms with Crippen LogP contribution in [0.15, 0.2) is 47.6 Å². The molecule has 0 aliphatic carbocycles. The van der Waals surface area contributed by atoms with E-state index in [0.29, 0.717) is 17.7 Å². The lowest BCUT2D eigenvalue weighted by atomic mass is 9.96. The zero-order valence-electron chi connectivity index (χ0n) is 17.6. The van der Waals surface area contributed by atoms with Crippen LogP contribution in [0.4, 0.5) is 13.2 Å². The van der Waals surface area contributed by atoms with Gasteiger partial charge in [-0.2, -0.15) is 0 Å². The van der Waals surface area contributed by atoms with Crippen LogP contribution in [0.1, 0.15) is 43.0 Å². The Morgan fingerprint density at radius 2 is 1.72 bits per heavy atom. The second kappa shape index (κ2) is 10.7. The van der Waals surface area contributed by atoms with Crippen LogP contribution in [-0.2, 0) is 9.53 Å². The summed E-state index contributed by atoms with van der Waals surface area (Å²) in [4.78, 5) is 11.4. The lowest BCUT2D eigenvalue weighted by molar-refractivity contribution is -0.274. The molecular weight excluding hydrogens is 381 g/mol. The highest BCUT2D eigenvalue weighted by Crippen LogP contribution is 2.32. The molecule has 0 radical (unpaired) electrons. The molecule has 0 aliphatic rings. The first-order valence-corrected chi connectivity index (χ1v) is 9.19. The molecule has 1 aromatic rings. The third kappa shape index (κ3) is 8.42. The summed E-state index contributed by atoms with van der Waals surface area (Å²) < 4.78 is 46.6. The van der Waals surface area contributed by atoms with Crippen LogP contribution >= 0.6 is 0 Å². The minimum Gasteiger partial charge on any atom is -0.463 e. The lowest BCUT2D eigenvalue weighted by Crippen LogP contribution is -2.18. The predicted molar refractivity (Wildman–Crippen MR) is 110 cm³/mol. The van der Waals surface area contributed by atoms with Crippen molar-refractivity contribution in [3.05, 3.63) is 69.8 Å². The van der Waals surface area contributed by atoms with Crippen LogP contribution in [0.2, 0.25) is 0 Å². The van der Waals surface area contributed by atoms with Crippen molar-refractivity contribution in [2.75, 3.05) is 6.61 Å². The van der Waals surface area contributed by atoms with E-state index in [2.05, 4.69) is 4.74 Å². The van der Waals surface area contributed by atoms with Gasteiger partial charge in [-0.1, -0.05) is 36.0 Å². The number of halogens is 3. The highest BCUT2D eigenvalue weighted by molar-refractivity contribution is 5.83. The van der Waals surface area contributed by atoms with Crippen molar-refractivity contribution >= 4 is 12.0 Å². The number of alkyl halides is 3. The molecule has 0 fully saturated rings. The highest BCUT2D eigenvalue weighted by atomic mass is 19.4. The minimum absolute atomic E-state index is 0.177. The third-order valence-electron chi connectivity index (χ3n) is 4.20. The molecule has 0 atom stereocenters. The molecule has 0 amide bonds. The Bertz CT molecular complexity index is 857. The van der Waals surface area contributed by atoms with Crippen LogP contribution in [0, 0.1) is 20.8 Å². The smallest absolute Gasteiger partial charge is 0.463 e. The fourth-order valence-corrected chi connectivity index (χ4v) is 2.59. The first-order chi connectivity index (χ1) is 13.4. The van der Waals surface area contributed by atoms with Crippen molar-refractivity contribution in [3.63, 3.8) is 0 Å². The summed E-state index contributed by atoms with van der Waals surface area (Å²) in [5.41, 5.74) is 4.44. The van der Waals surface area contributed by atoms with Crippen molar-refractivity contribution in [2.45, 2.75) is 47.9 Å². The van der Waals surface area contributed by atoms with Gasteiger partial charge in [-0.3, -0.25) is 0 Å². The normalized spacial score (nSPS) is 13.4. The number of aryl methyl sites for hydroxylation is 1. The first-order valence-electron chi connectivity index (χ1n) is 9.19. The van der Waals surface area contributed by atoms with Gasteiger partial charge in [0.15, 0.2) is 0 Å². The molecule has 0 N–H and O–H groups in total. The Morgan fingerprint density at radius 1 is 1.07 bits per heavy atom. The van der Waals surface area contributed by atoms with E-state index >= 15 is 0 Å². The lowest BCUT2D eigenvalue weighted by Gasteiger charge is -2.16. The molecule has 1 rings (SSSR count). The van der Waals surface area contributed by atoms with E-state index in [0.717, 1.165) is 22.3 Å². The number of hydrogen-bond acceptors (Lipinski definition) is 3. The predicted octanol–water partition coefficient (Wildman–Crippen LogP) is 6.54. The number of esters is 1. The van der Waals surface area contributed by atoms with Gasteiger partial charge in [0.05, 0.1) is 6.61 Å². The maximum Gasteiger partial charge on any atom is 0.573 e. The standard InChI is InChI=1S/C23H27F3O3/c1-7-28-22(27)13-16(3)10-8-9-15(2)11-12-20-17(4)14-21(19(6)18(20)5)29-23(24,25)26/h8-14H,7H2,1-6H3/b10-8+,12-11+,15-9+,16-13+. The van der Waals surface area contributed by atoms with Gasteiger partial charge in [0.25, 0.3) is 0 Å². The van der Waals surface area contributed by atoms with Crippen LogP contribution < -0.4 is 4.74 Å². The van der Waals surface area contributed by atoms with Gasteiger partial charge in [0.2, 0.25) is 0 Å². The summed E-state index contributed by atoms with van der Waals surface area (Å²) in [7, 11) is 0. The van der Waals surface area contributed by atoms with Crippen LogP contribution in [0.5, 0.6) is 5.75 Å². The van der Waals surface area contributed by atoms with E-state index < -0.39 is 6.36 Å². The minimum atomic E-state index is -4.72. The van der Waals surface area contributed by atoms with Crippen molar-refractivity contribution in [2.24, 2.45) is 0 Å². The van der Waals surface area contributed by atoms with Gasteiger partial charge in [0.1, 0.15) is 5.75 Å². The molecule has 0 saturated heterocycles. The Labute approximate surface area is 170 Å². The molecule has 1 aromatic carbocycles. The van der Waals surface area contributed by atoms with Crippen molar-refractivity contribution < 1.29 is 27.4 Å². The largest absolute Gasteiger partial charge is 0.573 e. The first kappa shape index (κ1) is 24.3. The van der Waals surface area contributed by atoms with Gasteiger partial charge in [0, 0.05) is 6.08 Å². The van der Waals surface area contributed by atoms with Crippen molar-refractivity contribution in [3.8, 4) is 5.75 Å². The van der Waals surface area contributed by atoms with E-state index in [9.17, 15) is 18.0 Å². The van der Waals surface area contributed by atoms with E-state index in [-0.39, 0.29) is 11.7 Å². The van der Waals surface area contributed by atoms with E-state index in [1.165, 1.54) is 12.1 Å². The van der Waals surface area contributed by atoms with Crippen LogP contribution in [0.25, 0.3) is 6.08 Å². The van der Waals surface area contributed by atoms with Crippen molar-refractivity contribution in [1.82, 2.24) is 0 Å².